The Morgan fingerprint density at radius 2 is 0.722 bits per heavy atom. The molecule has 0 heteroatoms. The maximum atomic E-state index is 2.21. The van der Waals surface area contributed by atoms with Gasteiger partial charge in [-0.3, -0.25) is 0 Å². The van der Waals surface area contributed by atoms with E-state index in [1.807, 2.05) is 13.8 Å². The molecule has 0 atom stereocenters. The van der Waals surface area contributed by atoms with Crippen molar-refractivity contribution in [3.63, 3.8) is 0 Å². The van der Waals surface area contributed by atoms with E-state index in [0.29, 0.717) is 0 Å². The van der Waals surface area contributed by atoms with Gasteiger partial charge in [-0.2, -0.15) is 0 Å². The molecule has 0 aromatic heterocycles. The molecule has 0 aliphatic carbocycles. The smallest absolute Gasteiger partial charge is 0.00268 e. The molecule has 0 spiro atoms. The fraction of sp³-hybridized carbons (Fsp3) is 0.111. The molecule has 4 aromatic rings. The van der Waals surface area contributed by atoms with E-state index in [4.69, 9.17) is 0 Å². The van der Waals surface area contributed by atoms with Gasteiger partial charge in [-0.15, -0.1) is 0 Å². The van der Waals surface area contributed by atoms with E-state index in [9.17, 15) is 0 Å². The zero-order chi connectivity index (χ0) is 12.5. The van der Waals surface area contributed by atoms with E-state index in [1.165, 1.54) is 32.3 Å². The maximum Gasteiger partial charge on any atom is -0.00268 e. The Hall–Kier alpha value is -2.08. The van der Waals surface area contributed by atoms with Crippen LogP contribution in [0.4, 0.5) is 0 Å². The number of hydrogen-bond donors (Lipinski definition) is 0. The minimum absolute atomic E-state index is 1.34. The number of hydrogen-bond acceptors (Lipinski definition) is 0. The summed E-state index contributed by atoms with van der Waals surface area (Å²) in [5.74, 6) is 0. The molecule has 0 saturated heterocycles. The molecule has 0 heterocycles. The van der Waals surface area contributed by atoms with E-state index >= 15 is 0 Å². The molecule has 4 rings (SSSR count). The van der Waals surface area contributed by atoms with Crippen LogP contribution in [0, 0.1) is 0 Å². The van der Waals surface area contributed by atoms with Crippen LogP contribution in [-0.2, 0) is 0 Å². The van der Waals surface area contributed by atoms with E-state index in [0.717, 1.165) is 0 Å². The van der Waals surface area contributed by atoms with Crippen molar-refractivity contribution in [1.82, 2.24) is 0 Å². The van der Waals surface area contributed by atoms with Gasteiger partial charge in [0, 0.05) is 0 Å². The Balaban J connectivity index is 0.000000478. The summed E-state index contributed by atoms with van der Waals surface area (Å²) in [4.78, 5) is 0. The highest BCUT2D eigenvalue weighted by atomic mass is 14.1. The molecule has 0 bridgehead atoms. The first-order valence-corrected chi connectivity index (χ1v) is 6.56. The van der Waals surface area contributed by atoms with Crippen LogP contribution in [0.15, 0.2) is 60.7 Å². The molecule has 0 aliphatic rings. The summed E-state index contributed by atoms with van der Waals surface area (Å²) in [6.07, 6.45) is 0. The van der Waals surface area contributed by atoms with Crippen LogP contribution < -0.4 is 0 Å². The third kappa shape index (κ3) is 1.46. The lowest BCUT2D eigenvalue weighted by Crippen LogP contribution is -1.82. The first kappa shape index (κ1) is 11.0. The van der Waals surface area contributed by atoms with Crippen molar-refractivity contribution in [2.45, 2.75) is 13.8 Å². The van der Waals surface area contributed by atoms with Gasteiger partial charge in [0.2, 0.25) is 0 Å². The molecule has 0 unspecified atom stereocenters. The second-order valence-electron chi connectivity index (χ2n) is 4.29. The normalized spacial score (nSPS) is 10.8. The average Bonchev–Trinajstić information content (AvgIpc) is 2.47. The monoisotopic (exact) mass is 232 g/mol. The van der Waals surface area contributed by atoms with Crippen LogP contribution >= 0.6 is 0 Å². The number of benzene rings is 4. The molecule has 0 radical (unpaired) electrons. The predicted octanol–water partition coefficient (Wildman–Crippen LogP) is 5.61. The predicted molar refractivity (Wildman–Crippen MR) is 81.5 cm³/mol. The van der Waals surface area contributed by atoms with E-state index in [2.05, 4.69) is 60.7 Å². The average molecular weight is 232 g/mol. The van der Waals surface area contributed by atoms with E-state index < -0.39 is 0 Å². The summed E-state index contributed by atoms with van der Waals surface area (Å²) >= 11 is 0. The molecule has 88 valence electrons. The van der Waals surface area contributed by atoms with Gasteiger partial charge in [0.15, 0.2) is 0 Å². The molecule has 18 heavy (non-hydrogen) atoms. The van der Waals surface area contributed by atoms with Crippen LogP contribution in [0.3, 0.4) is 0 Å². The maximum absolute atomic E-state index is 2.21. The highest BCUT2D eigenvalue weighted by molar-refractivity contribution is 6.22. The zero-order valence-corrected chi connectivity index (χ0v) is 10.8. The topological polar surface area (TPSA) is 0 Å². The summed E-state index contributed by atoms with van der Waals surface area (Å²) in [5.41, 5.74) is 0. The van der Waals surface area contributed by atoms with Gasteiger partial charge in [0.1, 0.15) is 0 Å². The quantitative estimate of drug-likeness (QED) is 0.346. The second-order valence-corrected chi connectivity index (χ2v) is 4.29. The molecule has 0 fully saturated rings. The van der Waals surface area contributed by atoms with Gasteiger partial charge in [0.25, 0.3) is 0 Å². The van der Waals surface area contributed by atoms with Gasteiger partial charge in [0.05, 0.1) is 0 Å². The SMILES string of the molecule is CC.c1cc2ccc3cccc4ccc(c1)c2c34. The summed E-state index contributed by atoms with van der Waals surface area (Å²) in [6.45, 7) is 4.00. The van der Waals surface area contributed by atoms with Gasteiger partial charge in [-0.05, 0) is 32.3 Å². The van der Waals surface area contributed by atoms with Crippen LogP contribution in [0.2, 0.25) is 0 Å². The summed E-state index contributed by atoms with van der Waals surface area (Å²) < 4.78 is 0. The third-order valence-corrected chi connectivity index (χ3v) is 3.39. The Morgan fingerprint density at radius 1 is 0.444 bits per heavy atom. The molecule has 0 amide bonds. The van der Waals surface area contributed by atoms with Crippen molar-refractivity contribution < 1.29 is 0 Å². The highest BCUT2D eigenvalue weighted by Crippen LogP contribution is 2.33. The Labute approximate surface area is 107 Å². The van der Waals surface area contributed by atoms with Gasteiger partial charge in [-0.25, -0.2) is 0 Å². The van der Waals surface area contributed by atoms with Crippen molar-refractivity contribution in [3.8, 4) is 0 Å². The highest BCUT2D eigenvalue weighted by Gasteiger charge is 2.05. The molecule has 0 N–H and O–H groups in total. The second kappa shape index (κ2) is 4.30. The van der Waals surface area contributed by atoms with Crippen molar-refractivity contribution >= 4 is 32.3 Å². The van der Waals surface area contributed by atoms with Crippen molar-refractivity contribution in [1.29, 1.82) is 0 Å². The Bertz CT molecular complexity index is 667. The van der Waals surface area contributed by atoms with E-state index in [-0.39, 0.29) is 0 Å². The van der Waals surface area contributed by atoms with Crippen LogP contribution in [0.1, 0.15) is 13.8 Å². The van der Waals surface area contributed by atoms with Crippen molar-refractivity contribution in [2.24, 2.45) is 0 Å². The molecule has 0 nitrogen and oxygen atoms in total. The van der Waals surface area contributed by atoms with Crippen LogP contribution in [-0.4, -0.2) is 0 Å². The van der Waals surface area contributed by atoms with Crippen molar-refractivity contribution in [3.05, 3.63) is 60.7 Å². The summed E-state index contributed by atoms with van der Waals surface area (Å²) in [7, 11) is 0. The minimum Gasteiger partial charge on any atom is -0.0683 e. The summed E-state index contributed by atoms with van der Waals surface area (Å²) in [5, 5.41) is 8.14. The fourth-order valence-corrected chi connectivity index (χ4v) is 2.67. The molecule has 0 saturated carbocycles. The Morgan fingerprint density at radius 3 is 1.00 bits per heavy atom. The van der Waals surface area contributed by atoms with E-state index in [1.54, 1.807) is 0 Å². The molecular formula is C18H16. The lowest BCUT2D eigenvalue weighted by Gasteiger charge is -2.09. The molecule has 0 aliphatic heterocycles. The number of rotatable bonds is 0. The van der Waals surface area contributed by atoms with Gasteiger partial charge >= 0.3 is 0 Å². The lowest BCUT2D eigenvalue weighted by atomic mass is 9.95. The summed E-state index contributed by atoms with van der Waals surface area (Å²) in [6, 6.07) is 21.9. The fourth-order valence-electron chi connectivity index (χ4n) is 2.67. The third-order valence-electron chi connectivity index (χ3n) is 3.39. The van der Waals surface area contributed by atoms with Crippen LogP contribution in [0.25, 0.3) is 32.3 Å². The zero-order valence-electron chi connectivity index (χ0n) is 10.8. The molecular weight excluding hydrogens is 216 g/mol. The first-order chi connectivity index (χ1) is 8.93. The minimum atomic E-state index is 1.34. The lowest BCUT2D eigenvalue weighted by molar-refractivity contribution is 1.50. The largest absolute Gasteiger partial charge is 0.0683 e. The van der Waals surface area contributed by atoms with Crippen molar-refractivity contribution in [2.75, 3.05) is 0 Å². The van der Waals surface area contributed by atoms with Gasteiger partial charge < -0.3 is 0 Å². The van der Waals surface area contributed by atoms with Crippen LogP contribution in [0.5, 0.6) is 0 Å². The molecule has 4 aromatic carbocycles. The standard InChI is InChI=1S/C16H10.C2H6/c1-3-11-7-9-13-5-2-6-14-10-8-12(4-1)15(11)16(13)14;1-2/h1-10H;1-2H3. The Kier molecular flexibility index (Phi) is 2.64. The van der Waals surface area contributed by atoms with Gasteiger partial charge in [-0.1, -0.05) is 74.5 Å². The first-order valence-electron chi connectivity index (χ1n) is 6.56.